The van der Waals surface area contributed by atoms with Gasteiger partial charge in [-0.05, 0) is 73.8 Å². The molecular formula is C28H35N4O5+. The van der Waals surface area contributed by atoms with Crippen LogP contribution < -0.4 is 10.2 Å². The lowest BCUT2D eigenvalue weighted by Crippen LogP contribution is -2.62. The molecule has 0 radical (unpaired) electrons. The molecule has 5 rings (SSSR count). The number of hydrazine groups is 1. The van der Waals surface area contributed by atoms with Gasteiger partial charge in [0, 0.05) is 5.41 Å². The van der Waals surface area contributed by atoms with E-state index in [1.54, 1.807) is 6.92 Å². The average molecular weight is 508 g/mol. The van der Waals surface area contributed by atoms with Crippen LogP contribution in [-0.4, -0.2) is 37.9 Å². The van der Waals surface area contributed by atoms with E-state index < -0.39 is 11.2 Å². The van der Waals surface area contributed by atoms with Crippen molar-refractivity contribution in [2.45, 2.75) is 75.7 Å². The number of hydrogen-bond acceptors (Lipinski definition) is 7. The molecule has 4 atom stereocenters. The lowest BCUT2D eigenvalue weighted by molar-refractivity contribution is -0.583. The second-order valence-electron chi connectivity index (χ2n) is 10.7. The van der Waals surface area contributed by atoms with Gasteiger partial charge in [-0.2, -0.15) is 4.98 Å². The predicted octanol–water partition coefficient (Wildman–Crippen LogP) is 3.70. The molecule has 1 saturated carbocycles. The number of hydrogen-bond donors (Lipinski definition) is 3. The largest absolute Gasteiger partial charge is 0.485 e. The molecule has 0 saturated heterocycles. The van der Waals surface area contributed by atoms with Crippen LogP contribution >= 0.6 is 0 Å². The van der Waals surface area contributed by atoms with Gasteiger partial charge in [0.25, 0.3) is 5.89 Å². The Hall–Kier alpha value is -3.30. The number of aromatic nitrogens is 2. The van der Waals surface area contributed by atoms with Crippen LogP contribution in [0.3, 0.4) is 0 Å². The van der Waals surface area contributed by atoms with Crippen molar-refractivity contribution in [3.8, 4) is 5.75 Å². The van der Waals surface area contributed by atoms with Crippen LogP contribution in [0.25, 0.3) is 0 Å². The Kier molecular flexibility index (Phi) is 6.53. The Balaban J connectivity index is 1.36. The van der Waals surface area contributed by atoms with E-state index in [0.29, 0.717) is 29.4 Å². The normalized spacial score (nSPS) is 28.7. The first-order chi connectivity index (χ1) is 17.7. The first-order valence-corrected chi connectivity index (χ1v) is 12.9. The number of nitrogens with zero attached hydrogens (tertiary/aromatic N) is 3. The quantitative estimate of drug-likeness (QED) is 0.312. The molecule has 3 N–H and O–H groups in total. The molecule has 9 nitrogen and oxygen atoms in total. The number of nitroso groups, excluding NO2 is 1. The minimum absolute atomic E-state index is 0.148. The molecule has 1 heterocycles. The third-order valence-electron chi connectivity index (χ3n) is 8.46. The third kappa shape index (κ3) is 4.51. The zero-order valence-corrected chi connectivity index (χ0v) is 21.6. The molecule has 37 heavy (non-hydrogen) atoms. The van der Waals surface area contributed by atoms with Gasteiger partial charge in [-0.25, -0.2) is 0 Å². The van der Waals surface area contributed by atoms with Crippen LogP contribution in [0, 0.1) is 10.8 Å². The lowest BCUT2D eigenvalue weighted by atomic mass is 9.49. The van der Waals surface area contributed by atoms with E-state index in [-0.39, 0.29) is 24.5 Å². The Morgan fingerprint density at radius 3 is 2.73 bits per heavy atom. The summed E-state index contributed by atoms with van der Waals surface area (Å²) in [5.74, 6) is 1.68. The van der Waals surface area contributed by atoms with Crippen LogP contribution in [-0.2, 0) is 30.6 Å². The molecule has 2 aromatic carbocycles. The van der Waals surface area contributed by atoms with Gasteiger partial charge in [0.2, 0.25) is 12.9 Å². The monoisotopic (exact) mass is 507 g/mol. The van der Waals surface area contributed by atoms with E-state index in [1.807, 2.05) is 36.4 Å². The van der Waals surface area contributed by atoms with Gasteiger partial charge in [0.05, 0.1) is 10.5 Å². The molecule has 3 aromatic rings. The predicted molar refractivity (Wildman–Crippen MR) is 135 cm³/mol. The summed E-state index contributed by atoms with van der Waals surface area (Å²) in [6, 6.07) is 15.8. The first kappa shape index (κ1) is 25.4. The van der Waals surface area contributed by atoms with E-state index in [2.05, 4.69) is 34.6 Å². The second kappa shape index (κ2) is 9.54. The maximum absolute atomic E-state index is 11.8. The van der Waals surface area contributed by atoms with Crippen LogP contribution in [0.4, 0.5) is 0 Å². The zero-order valence-electron chi connectivity index (χ0n) is 21.6. The Labute approximate surface area is 216 Å². The molecule has 9 heteroatoms. The van der Waals surface area contributed by atoms with Gasteiger partial charge < -0.3 is 19.5 Å². The van der Waals surface area contributed by atoms with Crippen LogP contribution in [0.2, 0.25) is 0 Å². The first-order valence-electron chi connectivity index (χ1n) is 12.9. The Bertz CT molecular complexity index is 1280. The summed E-state index contributed by atoms with van der Waals surface area (Å²) in [4.78, 5) is 15.8. The number of fused-ring (bicyclic) bond motifs is 3. The number of aliphatic hydroxyl groups is 2. The molecule has 1 fully saturated rings. The van der Waals surface area contributed by atoms with Crippen LogP contribution in [0.15, 0.2) is 53.1 Å². The molecule has 196 valence electrons. The number of benzene rings is 2. The van der Waals surface area contributed by atoms with Crippen molar-refractivity contribution in [2.24, 2.45) is 5.92 Å². The standard InChI is InChI=1S/C28H35N4O5/c1-4-27-18-26(2,33)28(34,20-8-6-5-7-9-20)15-21(27)11-10-19-14-22(12-13-23(19)27)36-17-24-30-25(37-31-24)16-29-32(3)35/h5-9,12-14,21,33-34H,4,10-11,15-18H2,1-3H3,(H,29,35)/q+1/t21-,26-,27-,28-/m1/s1. The highest BCUT2D eigenvalue weighted by molar-refractivity contribution is 5.45. The summed E-state index contributed by atoms with van der Waals surface area (Å²) < 4.78 is 11.1. The molecule has 0 spiro atoms. The number of rotatable bonds is 8. The molecular weight excluding hydrogens is 472 g/mol. The van der Waals surface area contributed by atoms with E-state index in [9.17, 15) is 15.1 Å². The molecule has 0 aliphatic heterocycles. The number of aryl methyl sites for hydroxylation is 1. The highest BCUT2D eigenvalue weighted by Crippen LogP contribution is 2.60. The summed E-state index contributed by atoms with van der Waals surface area (Å²) in [7, 11) is 1.35. The topological polar surface area (TPSA) is 121 Å². The zero-order chi connectivity index (χ0) is 26.3. The van der Waals surface area contributed by atoms with Gasteiger partial charge in [0.15, 0.2) is 13.2 Å². The minimum Gasteiger partial charge on any atom is -0.485 e. The van der Waals surface area contributed by atoms with Crippen molar-refractivity contribution in [1.29, 1.82) is 0 Å². The summed E-state index contributed by atoms with van der Waals surface area (Å²) in [5, 5.41) is 27.5. The van der Waals surface area contributed by atoms with E-state index >= 15 is 0 Å². The van der Waals surface area contributed by atoms with Gasteiger partial charge in [-0.15, -0.1) is 5.43 Å². The number of nitrogens with one attached hydrogen (secondary N) is 1. The maximum atomic E-state index is 11.8. The highest BCUT2D eigenvalue weighted by Gasteiger charge is 2.60. The lowest BCUT2D eigenvalue weighted by Gasteiger charge is -2.59. The third-order valence-corrected chi connectivity index (χ3v) is 8.46. The van der Waals surface area contributed by atoms with Crippen molar-refractivity contribution in [3.05, 3.63) is 81.8 Å². The smallest absolute Gasteiger partial charge is 0.251 e. The van der Waals surface area contributed by atoms with E-state index in [0.717, 1.165) is 30.6 Å². The molecule has 2 aliphatic rings. The van der Waals surface area contributed by atoms with Crippen molar-refractivity contribution in [2.75, 3.05) is 7.05 Å². The molecule has 0 amide bonds. The summed E-state index contributed by atoms with van der Waals surface area (Å²) in [6.07, 6.45) is 3.70. The molecule has 1 aromatic heterocycles. The van der Waals surface area contributed by atoms with E-state index in [4.69, 9.17) is 9.26 Å². The number of ether oxygens (including phenoxy) is 1. The van der Waals surface area contributed by atoms with Gasteiger partial charge in [0.1, 0.15) is 16.2 Å². The Morgan fingerprint density at radius 2 is 2.00 bits per heavy atom. The maximum Gasteiger partial charge on any atom is 0.251 e. The fraction of sp³-hybridized carbons (Fsp3) is 0.500. The second-order valence-corrected chi connectivity index (χ2v) is 10.7. The highest BCUT2D eigenvalue weighted by atomic mass is 16.5. The fourth-order valence-corrected chi connectivity index (χ4v) is 6.55. The summed E-state index contributed by atoms with van der Waals surface area (Å²) in [5.41, 5.74) is 2.98. The van der Waals surface area contributed by atoms with Gasteiger partial charge in [-0.3, -0.25) is 0 Å². The van der Waals surface area contributed by atoms with E-state index in [1.165, 1.54) is 18.2 Å². The van der Waals surface area contributed by atoms with Crippen molar-refractivity contribution >= 4 is 0 Å². The van der Waals surface area contributed by atoms with Crippen LogP contribution in [0.5, 0.6) is 5.75 Å². The SMILES string of the molecule is CC[C@@]12C[C@@](C)(O)[C@](O)(c3ccccc3)C[C@H]1CCc1cc(OCc3noc(CN[N+](C)=O)n3)ccc12. The fourth-order valence-electron chi connectivity index (χ4n) is 6.55. The average Bonchev–Trinajstić information content (AvgIpc) is 3.35. The van der Waals surface area contributed by atoms with Crippen molar-refractivity contribution in [1.82, 2.24) is 15.6 Å². The van der Waals surface area contributed by atoms with Crippen molar-refractivity contribution in [3.63, 3.8) is 0 Å². The minimum atomic E-state index is -1.29. The summed E-state index contributed by atoms with van der Waals surface area (Å²) >= 11 is 0. The molecule has 2 aliphatic carbocycles. The molecule has 0 unspecified atom stereocenters. The van der Waals surface area contributed by atoms with Gasteiger partial charge in [-0.1, -0.05) is 48.5 Å². The van der Waals surface area contributed by atoms with Gasteiger partial charge >= 0.3 is 0 Å². The Morgan fingerprint density at radius 1 is 1.22 bits per heavy atom. The van der Waals surface area contributed by atoms with Crippen LogP contribution in [0.1, 0.15) is 67.9 Å². The molecule has 0 bridgehead atoms. The summed E-state index contributed by atoms with van der Waals surface area (Å²) in [6.45, 7) is 4.26. The van der Waals surface area contributed by atoms with Crippen molar-refractivity contribution < 1.29 is 24.3 Å².